The van der Waals surface area contributed by atoms with Gasteiger partial charge in [0.2, 0.25) is 0 Å². The fraction of sp³-hybridized carbons (Fsp3) is 0.333. The standard InChI is InChI=1S/C12H15N3O/c1-9(14)6-7-15-12(16)11-4-2-10(8-13)3-5-11/h2-5,9H,6-7,14H2,1H3,(H,15,16). The highest BCUT2D eigenvalue weighted by atomic mass is 16.1. The number of hydrogen-bond acceptors (Lipinski definition) is 3. The number of carbonyl (C=O) groups is 1. The molecule has 84 valence electrons. The number of nitrogens with zero attached hydrogens (tertiary/aromatic N) is 1. The summed E-state index contributed by atoms with van der Waals surface area (Å²) in [5, 5.41) is 11.4. The molecule has 1 aromatic rings. The predicted octanol–water partition coefficient (Wildman–Crippen LogP) is 1.03. The average molecular weight is 217 g/mol. The molecule has 0 aliphatic carbocycles. The lowest BCUT2D eigenvalue weighted by Gasteiger charge is -2.07. The van der Waals surface area contributed by atoms with Crippen LogP contribution in [0.1, 0.15) is 29.3 Å². The van der Waals surface area contributed by atoms with E-state index >= 15 is 0 Å². The van der Waals surface area contributed by atoms with E-state index in [4.69, 9.17) is 11.0 Å². The van der Waals surface area contributed by atoms with Crippen LogP contribution in [-0.2, 0) is 0 Å². The summed E-state index contributed by atoms with van der Waals surface area (Å²) < 4.78 is 0. The quantitative estimate of drug-likeness (QED) is 0.790. The Labute approximate surface area is 95.1 Å². The lowest BCUT2D eigenvalue weighted by atomic mass is 10.1. The van der Waals surface area contributed by atoms with Crippen molar-refractivity contribution in [1.29, 1.82) is 5.26 Å². The molecular formula is C12H15N3O. The van der Waals surface area contributed by atoms with Crippen LogP contribution in [0.2, 0.25) is 0 Å². The molecule has 4 nitrogen and oxygen atoms in total. The van der Waals surface area contributed by atoms with Gasteiger partial charge in [0.25, 0.3) is 5.91 Å². The summed E-state index contributed by atoms with van der Waals surface area (Å²) in [5.74, 6) is -0.134. The average Bonchev–Trinajstić information content (AvgIpc) is 2.28. The third kappa shape index (κ3) is 3.71. The maximum Gasteiger partial charge on any atom is 0.251 e. The number of carbonyl (C=O) groups excluding carboxylic acids is 1. The second-order valence-electron chi connectivity index (χ2n) is 3.71. The minimum absolute atomic E-state index is 0.0845. The van der Waals surface area contributed by atoms with Crippen LogP contribution in [0.25, 0.3) is 0 Å². The van der Waals surface area contributed by atoms with Crippen molar-refractivity contribution in [2.24, 2.45) is 5.73 Å². The van der Waals surface area contributed by atoms with Crippen LogP contribution in [0, 0.1) is 11.3 Å². The molecule has 1 unspecified atom stereocenters. The van der Waals surface area contributed by atoms with E-state index in [9.17, 15) is 4.79 Å². The maximum atomic E-state index is 11.6. The number of hydrogen-bond donors (Lipinski definition) is 2. The number of nitriles is 1. The van der Waals surface area contributed by atoms with Gasteiger partial charge >= 0.3 is 0 Å². The second kappa shape index (κ2) is 5.89. The van der Waals surface area contributed by atoms with Crippen molar-refractivity contribution >= 4 is 5.91 Å². The molecule has 0 radical (unpaired) electrons. The minimum Gasteiger partial charge on any atom is -0.352 e. The second-order valence-corrected chi connectivity index (χ2v) is 3.71. The number of nitrogens with one attached hydrogen (secondary N) is 1. The lowest BCUT2D eigenvalue weighted by Crippen LogP contribution is -2.28. The number of nitrogens with two attached hydrogens (primary N) is 1. The highest BCUT2D eigenvalue weighted by Crippen LogP contribution is 2.03. The Kier molecular flexibility index (Phi) is 4.49. The Morgan fingerprint density at radius 1 is 1.50 bits per heavy atom. The van der Waals surface area contributed by atoms with Crippen LogP contribution in [0.5, 0.6) is 0 Å². The molecule has 1 rings (SSSR count). The molecule has 0 saturated carbocycles. The highest BCUT2D eigenvalue weighted by Gasteiger charge is 2.04. The zero-order valence-electron chi connectivity index (χ0n) is 9.23. The van der Waals surface area contributed by atoms with Crippen LogP contribution >= 0.6 is 0 Å². The van der Waals surface area contributed by atoms with Gasteiger partial charge in [0.1, 0.15) is 0 Å². The van der Waals surface area contributed by atoms with E-state index in [0.717, 1.165) is 6.42 Å². The van der Waals surface area contributed by atoms with E-state index in [2.05, 4.69) is 5.32 Å². The van der Waals surface area contributed by atoms with Crippen molar-refractivity contribution in [2.45, 2.75) is 19.4 Å². The molecule has 0 bridgehead atoms. The van der Waals surface area contributed by atoms with Crippen molar-refractivity contribution in [3.63, 3.8) is 0 Å². The summed E-state index contributed by atoms with van der Waals surface area (Å²) >= 11 is 0. The fourth-order valence-corrected chi connectivity index (χ4v) is 1.21. The Morgan fingerprint density at radius 3 is 2.62 bits per heavy atom. The molecule has 3 N–H and O–H groups in total. The predicted molar refractivity (Wildman–Crippen MR) is 61.8 cm³/mol. The molecule has 1 atom stereocenters. The number of benzene rings is 1. The van der Waals surface area contributed by atoms with Crippen molar-refractivity contribution < 1.29 is 4.79 Å². The molecule has 4 heteroatoms. The van der Waals surface area contributed by atoms with Crippen LogP contribution in [-0.4, -0.2) is 18.5 Å². The van der Waals surface area contributed by atoms with Crippen LogP contribution in [0.15, 0.2) is 24.3 Å². The van der Waals surface area contributed by atoms with Gasteiger partial charge in [-0.1, -0.05) is 0 Å². The molecule has 0 fully saturated rings. The topological polar surface area (TPSA) is 78.9 Å². The molecular weight excluding hydrogens is 202 g/mol. The van der Waals surface area contributed by atoms with Gasteiger partial charge in [-0.15, -0.1) is 0 Å². The first-order chi connectivity index (χ1) is 7.63. The minimum atomic E-state index is -0.134. The summed E-state index contributed by atoms with van der Waals surface area (Å²) in [4.78, 5) is 11.6. The van der Waals surface area contributed by atoms with E-state index in [-0.39, 0.29) is 11.9 Å². The van der Waals surface area contributed by atoms with E-state index in [1.165, 1.54) is 0 Å². The zero-order valence-corrected chi connectivity index (χ0v) is 9.23. The van der Waals surface area contributed by atoms with Crippen LogP contribution < -0.4 is 11.1 Å². The Hall–Kier alpha value is -1.86. The van der Waals surface area contributed by atoms with E-state index in [1.807, 2.05) is 13.0 Å². The van der Waals surface area contributed by atoms with E-state index in [0.29, 0.717) is 17.7 Å². The first kappa shape index (κ1) is 12.2. The smallest absolute Gasteiger partial charge is 0.251 e. The van der Waals surface area contributed by atoms with Crippen molar-refractivity contribution in [2.75, 3.05) is 6.54 Å². The van der Waals surface area contributed by atoms with Crippen molar-refractivity contribution in [1.82, 2.24) is 5.32 Å². The van der Waals surface area contributed by atoms with Gasteiger partial charge in [0, 0.05) is 18.2 Å². The maximum absolute atomic E-state index is 11.6. The Morgan fingerprint density at radius 2 is 2.12 bits per heavy atom. The van der Waals surface area contributed by atoms with Crippen LogP contribution in [0.3, 0.4) is 0 Å². The van der Waals surface area contributed by atoms with E-state index < -0.39 is 0 Å². The number of rotatable bonds is 4. The van der Waals surface area contributed by atoms with Gasteiger partial charge in [-0.3, -0.25) is 4.79 Å². The first-order valence-corrected chi connectivity index (χ1v) is 5.17. The molecule has 0 aliphatic rings. The molecule has 0 spiro atoms. The summed E-state index contributed by atoms with van der Waals surface area (Å²) in [7, 11) is 0. The van der Waals surface area contributed by atoms with Gasteiger partial charge in [0.05, 0.1) is 11.6 Å². The number of amides is 1. The molecule has 1 aromatic carbocycles. The van der Waals surface area contributed by atoms with Gasteiger partial charge in [0.15, 0.2) is 0 Å². The van der Waals surface area contributed by atoms with Crippen LogP contribution in [0.4, 0.5) is 0 Å². The Bertz CT molecular complexity index is 390. The summed E-state index contributed by atoms with van der Waals surface area (Å²) in [5.41, 5.74) is 6.68. The molecule has 0 aliphatic heterocycles. The summed E-state index contributed by atoms with van der Waals surface area (Å²) in [6.45, 7) is 2.46. The van der Waals surface area contributed by atoms with Gasteiger partial charge < -0.3 is 11.1 Å². The molecule has 0 saturated heterocycles. The SMILES string of the molecule is CC(N)CCNC(=O)c1ccc(C#N)cc1. The molecule has 0 heterocycles. The van der Waals surface area contributed by atoms with Crippen molar-refractivity contribution in [3.8, 4) is 6.07 Å². The summed E-state index contributed by atoms with van der Waals surface area (Å²) in [6, 6.07) is 8.62. The van der Waals surface area contributed by atoms with Crippen molar-refractivity contribution in [3.05, 3.63) is 35.4 Å². The van der Waals surface area contributed by atoms with E-state index in [1.54, 1.807) is 24.3 Å². The monoisotopic (exact) mass is 217 g/mol. The third-order valence-corrected chi connectivity index (χ3v) is 2.16. The fourth-order valence-electron chi connectivity index (χ4n) is 1.21. The van der Waals surface area contributed by atoms with Gasteiger partial charge in [-0.05, 0) is 37.6 Å². The van der Waals surface area contributed by atoms with Gasteiger partial charge in [-0.2, -0.15) is 5.26 Å². The molecule has 16 heavy (non-hydrogen) atoms. The normalized spacial score (nSPS) is 11.6. The largest absolute Gasteiger partial charge is 0.352 e. The van der Waals surface area contributed by atoms with Gasteiger partial charge in [-0.25, -0.2) is 0 Å². The first-order valence-electron chi connectivity index (χ1n) is 5.17. The third-order valence-electron chi connectivity index (χ3n) is 2.16. The highest BCUT2D eigenvalue weighted by molar-refractivity contribution is 5.94. The Balaban J connectivity index is 2.50. The zero-order chi connectivity index (χ0) is 12.0. The lowest BCUT2D eigenvalue weighted by molar-refractivity contribution is 0.0953. The molecule has 1 amide bonds. The molecule has 0 aromatic heterocycles. The summed E-state index contributed by atoms with van der Waals surface area (Å²) in [6.07, 6.45) is 0.752.